The molecule has 1 aliphatic rings. The molecule has 1 fully saturated rings. The molecule has 6 heteroatoms. The van der Waals surface area contributed by atoms with Crippen LogP contribution >= 0.6 is 11.3 Å². The van der Waals surface area contributed by atoms with Gasteiger partial charge >= 0.3 is 0 Å². The van der Waals surface area contributed by atoms with Crippen molar-refractivity contribution in [1.29, 1.82) is 0 Å². The first-order valence-corrected chi connectivity index (χ1v) is 10.9. The molecule has 30 heavy (non-hydrogen) atoms. The Labute approximate surface area is 180 Å². The number of carbonyl (C=O) groups excluding carboxylic acids is 2. The Kier molecular flexibility index (Phi) is 6.44. The lowest BCUT2D eigenvalue weighted by atomic mass is 10.1. The number of piperazine rings is 1. The average molecular weight is 421 g/mol. The number of thiophene rings is 1. The molecule has 0 saturated carbocycles. The van der Waals surface area contributed by atoms with E-state index < -0.39 is 0 Å². The highest BCUT2D eigenvalue weighted by Crippen LogP contribution is 2.15. The van der Waals surface area contributed by atoms with Gasteiger partial charge in [-0.1, -0.05) is 36.4 Å². The van der Waals surface area contributed by atoms with Gasteiger partial charge in [-0.2, -0.15) is 0 Å². The number of benzene rings is 2. The molecule has 2 aromatic carbocycles. The summed E-state index contributed by atoms with van der Waals surface area (Å²) in [5.41, 5.74) is 1.68. The van der Waals surface area contributed by atoms with E-state index in [0.717, 1.165) is 16.2 Å². The summed E-state index contributed by atoms with van der Waals surface area (Å²) in [6, 6.07) is 21.2. The Bertz CT molecular complexity index is 963. The second-order valence-corrected chi connectivity index (χ2v) is 8.26. The highest BCUT2D eigenvalue weighted by Gasteiger charge is 2.25. The topological polar surface area (TPSA) is 49.9 Å². The molecule has 0 spiro atoms. The molecule has 154 valence electrons. The van der Waals surface area contributed by atoms with E-state index in [1.807, 2.05) is 81.9 Å². The maximum atomic E-state index is 12.8. The maximum Gasteiger partial charge on any atom is 0.253 e. The Balaban J connectivity index is 1.27. The van der Waals surface area contributed by atoms with Gasteiger partial charge in [0.2, 0.25) is 5.91 Å². The predicted molar refractivity (Wildman–Crippen MR) is 118 cm³/mol. The smallest absolute Gasteiger partial charge is 0.253 e. The number of rotatable bonds is 6. The number of carbonyl (C=O) groups is 2. The molecular formula is C24H24N2O3S. The van der Waals surface area contributed by atoms with Crippen molar-refractivity contribution < 1.29 is 14.3 Å². The lowest BCUT2D eigenvalue weighted by molar-refractivity contribution is -0.131. The van der Waals surface area contributed by atoms with Crippen LogP contribution in [-0.4, -0.2) is 47.8 Å². The highest BCUT2D eigenvalue weighted by atomic mass is 32.1. The van der Waals surface area contributed by atoms with E-state index in [0.29, 0.717) is 44.8 Å². The van der Waals surface area contributed by atoms with Gasteiger partial charge < -0.3 is 14.5 Å². The third-order valence-corrected chi connectivity index (χ3v) is 6.05. The first-order valence-electron chi connectivity index (χ1n) is 10.1. The zero-order chi connectivity index (χ0) is 20.8. The van der Waals surface area contributed by atoms with E-state index in [1.165, 1.54) is 0 Å². The van der Waals surface area contributed by atoms with Crippen molar-refractivity contribution in [3.8, 4) is 5.75 Å². The van der Waals surface area contributed by atoms with Crippen LogP contribution in [0, 0.1) is 0 Å². The minimum Gasteiger partial charge on any atom is -0.489 e. The van der Waals surface area contributed by atoms with Crippen molar-refractivity contribution >= 4 is 23.2 Å². The van der Waals surface area contributed by atoms with Gasteiger partial charge in [0, 0.05) is 36.6 Å². The van der Waals surface area contributed by atoms with Crippen LogP contribution in [0.2, 0.25) is 0 Å². The van der Waals surface area contributed by atoms with E-state index in [9.17, 15) is 9.59 Å². The minimum absolute atomic E-state index is 0.0101. The van der Waals surface area contributed by atoms with Gasteiger partial charge in [0.25, 0.3) is 5.91 Å². The molecule has 0 N–H and O–H groups in total. The van der Waals surface area contributed by atoms with Crippen LogP contribution in [0.5, 0.6) is 5.75 Å². The number of hydrogen-bond acceptors (Lipinski definition) is 4. The first kappa shape index (κ1) is 20.2. The zero-order valence-electron chi connectivity index (χ0n) is 16.7. The summed E-state index contributed by atoms with van der Waals surface area (Å²) < 4.78 is 5.75. The van der Waals surface area contributed by atoms with Gasteiger partial charge in [-0.3, -0.25) is 9.59 Å². The number of ether oxygens (including phenoxy) is 1. The number of amides is 2. The summed E-state index contributed by atoms with van der Waals surface area (Å²) in [4.78, 5) is 30.0. The van der Waals surface area contributed by atoms with Crippen molar-refractivity contribution in [1.82, 2.24) is 9.80 Å². The Hall–Kier alpha value is -3.12. The molecule has 4 rings (SSSR count). The first-order chi connectivity index (χ1) is 14.7. The van der Waals surface area contributed by atoms with Crippen LogP contribution in [0.3, 0.4) is 0 Å². The van der Waals surface area contributed by atoms with Gasteiger partial charge in [0.15, 0.2) is 0 Å². The van der Waals surface area contributed by atoms with E-state index >= 15 is 0 Å². The van der Waals surface area contributed by atoms with Crippen molar-refractivity contribution in [2.75, 3.05) is 26.2 Å². The molecule has 5 nitrogen and oxygen atoms in total. The molecule has 2 amide bonds. The van der Waals surface area contributed by atoms with Gasteiger partial charge in [0.1, 0.15) is 12.4 Å². The number of hydrogen-bond donors (Lipinski definition) is 0. The Morgan fingerprint density at radius 1 is 0.833 bits per heavy atom. The average Bonchev–Trinajstić information content (AvgIpc) is 3.31. The van der Waals surface area contributed by atoms with Crippen LogP contribution < -0.4 is 4.74 Å². The fourth-order valence-electron chi connectivity index (χ4n) is 3.44. The van der Waals surface area contributed by atoms with E-state index in [1.54, 1.807) is 11.3 Å². The number of nitrogens with zero attached hydrogens (tertiary/aromatic N) is 2. The largest absolute Gasteiger partial charge is 0.489 e. The van der Waals surface area contributed by atoms with Crippen molar-refractivity contribution in [3.05, 3.63) is 88.1 Å². The summed E-state index contributed by atoms with van der Waals surface area (Å²) >= 11 is 1.60. The van der Waals surface area contributed by atoms with Crippen molar-refractivity contribution in [2.45, 2.75) is 13.0 Å². The van der Waals surface area contributed by atoms with Gasteiger partial charge in [-0.25, -0.2) is 0 Å². The third-order valence-electron chi connectivity index (χ3n) is 5.17. The summed E-state index contributed by atoms with van der Waals surface area (Å²) in [5, 5.41) is 1.98. The standard InChI is InChI=1S/C24H24N2O3S/c27-23(17-22-7-4-16-30-22)25-12-14-26(15-13-25)24(28)20-10-8-19(9-11-20)18-29-21-5-2-1-3-6-21/h1-11,16H,12-15,17-18H2. The molecule has 0 aliphatic carbocycles. The SMILES string of the molecule is O=C(Cc1cccs1)N1CCN(C(=O)c2ccc(COc3ccccc3)cc2)CC1. The van der Waals surface area contributed by atoms with Gasteiger partial charge in [-0.15, -0.1) is 11.3 Å². The summed E-state index contributed by atoms with van der Waals surface area (Å²) in [5.74, 6) is 0.965. The lowest BCUT2D eigenvalue weighted by Gasteiger charge is -2.34. The lowest BCUT2D eigenvalue weighted by Crippen LogP contribution is -2.50. The number of para-hydroxylation sites is 1. The van der Waals surface area contributed by atoms with Crippen molar-refractivity contribution in [2.24, 2.45) is 0 Å². The zero-order valence-corrected chi connectivity index (χ0v) is 17.5. The molecule has 2 heterocycles. The Morgan fingerprint density at radius 2 is 1.53 bits per heavy atom. The van der Waals surface area contributed by atoms with Crippen LogP contribution in [0.15, 0.2) is 72.1 Å². The van der Waals surface area contributed by atoms with Crippen LogP contribution in [0.25, 0.3) is 0 Å². The molecule has 1 saturated heterocycles. The van der Waals surface area contributed by atoms with Crippen molar-refractivity contribution in [3.63, 3.8) is 0 Å². The fraction of sp³-hybridized carbons (Fsp3) is 0.250. The summed E-state index contributed by atoms with van der Waals surface area (Å²) in [7, 11) is 0. The molecule has 1 aromatic heterocycles. The molecule has 3 aromatic rings. The normalized spacial score (nSPS) is 13.9. The fourth-order valence-corrected chi connectivity index (χ4v) is 4.14. The van der Waals surface area contributed by atoms with E-state index in [4.69, 9.17) is 4.74 Å². The molecule has 0 bridgehead atoms. The Morgan fingerprint density at radius 3 is 2.20 bits per heavy atom. The van der Waals surface area contributed by atoms with Gasteiger partial charge in [-0.05, 0) is 41.3 Å². The molecule has 0 unspecified atom stereocenters. The van der Waals surface area contributed by atoms with Crippen LogP contribution in [-0.2, 0) is 17.8 Å². The third kappa shape index (κ3) is 5.07. The molecule has 1 aliphatic heterocycles. The van der Waals surface area contributed by atoms with E-state index in [2.05, 4.69) is 0 Å². The maximum absolute atomic E-state index is 12.8. The summed E-state index contributed by atoms with van der Waals surface area (Å²) in [6.45, 7) is 2.75. The second kappa shape index (κ2) is 9.59. The predicted octanol–water partition coefficient (Wildman–Crippen LogP) is 3.85. The minimum atomic E-state index is 0.0101. The van der Waals surface area contributed by atoms with Crippen LogP contribution in [0.1, 0.15) is 20.8 Å². The quantitative estimate of drug-likeness (QED) is 0.609. The van der Waals surface area contributed by atoms with Gasteiger partial charge in [0.05, 0.1) is 6.42 Å². The monoisotopic (exact) mass is 420 g/mol. The van der Waals surface area contributed by atoms with E-state index in [-0.39, 0.29) is 11.8 Å². The molecular weight excluding hydrogens is 396 g/mol. The molecule has 0 radical (unpaired) electrons. The molecule has 0 atom stereocenters. The second-order valence-electron chi connectivity index (χ2n) is 7.23. The highest BCUT2D eigenvalue weighted by molar-refractivity contribution is 7.10. The summed E-state index contributed by atoms with van der Waals surface area (Å²) in [6.07, 6.45) is 0.443. The van der Waals surface area contributed by atoms with Crippen LogP contribution in [0.4, 0.5) is 0 Å².